The first kappa shape index (κ1) is 12.9. The molecule has 0 spiro atoms. The first-order valence-corrected chi connectivity index (χ1v) is 5.69. The molecule has 0 saturated carbocycles. The van der Waals surface area contributed by atoms with E-state index in [0.29, 0.717) is 16.3 Å². The van der Waals surface area contributed by atoms with E-state index in [2.05, 4.69) is 10.4 Å². The average Bonchev–Trinajstić information content (AvgIpc) is 2.71. The van der Waals surface area contributed by atoms with Gasteiger partial charge in [0.05, 0.1) is 28.0 Å². The van der Waals surface area contributed by atoms with Gasteiger partial charge >= 0.3 is 0 Å². The van der Waals surface area contributed by atoms with Gasteiger partial charge in [-0.1, -0.05) is 11.6 Å². The fourth-order valence-electron chi connectivity index (χ4n) is 1.56. The Labute approximate surface area is 114 Å². The molecule has 0 aliphatic rings. The summed E-state index contributed by atoms with van der Waals surface area (Å²) in [6.07, 6.45) is 1.53. The van der Waals surface area contributed by atoms with E-state index in [4.69, 9.17) is 22.6 Å². The molecule has 0 atom stereocenters. The Morgan fingerprint density at radius 3 is 2.89 bits per heavy atom. The van der Waals surface area contributed by atoms with Gasteiger partial charge in [0.2, 0.25) is 0 Å². The molecule has 0 fully saturated rings. The number of benzene rings is 1. The third-order valence-electron chi connectivity index (χ3n) is 2.42. The molecule has 2 aromatic rings. The number of nitrogens with one attached hydrogen (secondary N) is 1. The number of hydrogen-bond donors (Lipinski definition) is 2. The summed E-state index contributed by atoms with van der Waals surface area (Å²) in [7, 11) is 1.66. The summed E-state index contributed by atoms with van der Waals surface area (Å²) in [5, 5.41) is 15.7. The number of nitriles is 1. The number of rotatable bonds is 2. The molecule has 0 bridgehead atoms. The minimum Gasteiger partial charge on any atom is -0.396 e. The lowest BCUT2D eigenvalue weighted by Gasteiger charge is -2.06. The third kappa shape index (κ3) is 2.67. The summed E-state index contributed by atoms with van der Waals surface area (Å²) in [4.78, 5) is 12.0. The quantitative estimate of drug-likeness (QED) is 0.873. The lowest BCUT2D eigenvalue weighted by Crippen LogP contribution is -2.15. The standard InChI is InChI=1S/C12H10ClN5O/c1-18-6-9(15)11(17-18)12(19)16-10-4-7(5-14)2-3-8(10)13/h2-4,6H,15H2,1H3,(H,16,19). The summed E-state index contributed by atoms with van der Waals surface area (Å²) in [6, 6.07) is 6.56. The van der Waals surface area contributed by atoms with E-state index in [9.17, 15) is 4.79 Å². The smallest absolute Gasteiger partial charge is 0.278 e. The minimum atomic E-state index is -0.477. The number of nitrogen functional groups attached to an aromatic ring is 1. The largest absolute Gasteiger partial charge is 0.396 e. The van der Waals surface area contributed by atoms with Crippen molar-refractivity contribution in [2.45, 2.75) is 0 Å². The van der Waals surface area contributed by atoms with Gasteiger partial charge in [-0.15, -0.1) is 0 Å². The van der Waals surface area contributed by atoms with Crippen LogP contribution in [0, 0.1) is 11.3 Å². The van der Waals surface area contributed by atoms with Crippen LogP contribution in [0.3, 0.4) is 0 Å². The predicted molar refractivity (Wildman–Crippen MR) is 71.7 cm³/mol. The highest BCUT2D eigenvalue weighted by molar-refractivity contribution is 6.34. The van der Waals surface area contributed by atoms with Gasteiger partial charge in [0.1, 0.15) is 0 Å². The Hall–Kier alpha value is -2.52. The molecule has 1 aromatic heterocycles. The molecule has 7 heteroatoms. The van der Waals surface area contributed by atoms with Gasteiger partial charge in [0.25, 0.3) is 5.91 Å². The van der Waals surface area contributed by atoms with Gasteiger partial charge in [-0.05, 0) is 18.2 Å². The summed E-state index contributed by atoms with van der Waals surface area (Å²) in [5.74, 6) is -0.477. The van der Waals surface area contributed by atoms with E-state index in [-0.39, 0.29) is 11.4 Å². The predicted octanol–water partition coefficient (Wildman–Crippen LogP) is 1.78. The maximum Gasteiger partial charge on any atom is 0.278 e. The molecule has 0 saturated heterocycles. The van der Waals surface area contributed by atoms with Crippen LogP contribution in [0.4, 0.5) is 11.4 Å². The average molecular weight is 276 g/mol. The zero-order chi connectivity index (χ0) is 14.0. The molecule has 96 valence electrons. The lowest BCUT2D eigenvalue weighted by atomic mass is 10.2. The fraction of sp³-hybridized carbons (Fsp3) is 0.0833. The molecule has 1 heterocycles. The van der Waals surface area contributed by atoms with Crippen LogP contribution in [-0.4, -0.2) is 15.7 Å². The number of nitrogens with two attached hydrogens (primary N) is 1. The molecule has 1 amide bonds. The van der Waals surface area contributed by atoms with E-state index in [1.54, 1.807) is 13.1 Å². The van der Waals surface area contributed by atoms with Crippen molar-refractivity contribution >= 4 is 28.9 Å². The SMILES string of the molecule is Cn1cc(N)c(C(=O)Nc2cc(C#N)ccc2Cl)n1. The molecular formula is C12H10ClN5O. The number of carbonyl (C=O) groups is 1. The highest BCUT2D eigenvalue weighted by Gasteiger charge is 2.15. The summed E-state index contributed by atoms with van der Waals surface area (Å²) >= 11 is 5.95. The summed E-state index contributed by atoms with van der Waals surface area (Å²) in [5.41, 5.74) is 6.78. The van der Waals surface area contributed by atoms with Crippen molar-refractivity contribution in [1.82, 2.24) is 9.78 Å². The number of halogens is 1. The first-order valence-electron chi connectivity index (χ1n) is 5.31. The van der Waals surface area contributed by atoms with Crippen molar-refractivity contribution in [3.63, 3.8) is 0 Å². The number of hydrogen-bond acceptors (Lipinski definition) is 4. The van der Waals surface area contributed by atoms with Gasteiger partial charge in [0.15, 0.2) is 5.69 Å². The molecule has 0 unspecified atom stereocenters. The Morgan fingerprint density at radius 1 is 1.58 bits per heavy atom. The van der Waals surface area contributed by atoms with Crippen LogP contribution in [0.25, 0.3) is 0 Å². The normalized spacial score (nSPS) is 9.95. The Bertz CT molecular complexity index is 686. The van der Waals surface area contributed by atoms with Gasteiger partial charge in [-0.2, -0.15) is 10.4 Å². The molecule has 0 aliphatic heterocycles. The maximum absolute atomic E-state index is 12.0. The van der Waals surface area contributed by atoms with E-state index in [0.717, 1.165) is 0 Å². The van der Waals surface area contributed by atoms with Crippen molar-refractivity contribution in [3.05, 3.63) is 40.7 Å². The summed E-state index contributed by atoms with van der Waals surface area (Å²) < 4.78 is 1.44. The molecule has 2 rings (SSSR count). The van der Waals surface area contributed by atoms with Crippen molar-refractivity contribution in [3.8, 4) is 6.07 Å². The molecule has 6 nitrogen and oxygen atoms in total. The number of aromatic nitrogens is 2. The number of anilines is 2. The van der Waals surface area contributed by atoms with Crippen LogP contribution in [0.15, 0.2) is 24.4 Å². The Morgan fingerprint density at radius 2 is 2.32 bits per heavy atom. The monoisotopic (exact) mass is 275 g/mol. The number of nitrogens with zero attached hydrogens (tertiary/aromatic N) is 3. The van der Waals surface area contributed by atoms with E-state index in [1.807, 2.05) is 6.07 Å². The minimum absolute atomic E-state index is 0.112. The topological polar surface area (TPSA) is 96.7 Å². The molecule has 0 aliphatic carbocycles. The molecule has 19 heavy (non-hydrogen) atoms. The zero-order valence-electron chi connectivity index (χ0n) is 10.0. The second kappa shape index (κ2) is 5.00. The van der Waals surface area contributed by atoms with Crippen molar-refractivity contribution in [1.29, 1.82) is 5.26 Å². The van der Waals surface area contributed by atoms with Crippen LogP contribution in [0.1, 0.15) is 16.1 Å². The Kier molecular flexibility index (Phi) is 3.40. The Balaban J connectivity index is 2.29. The third-order valence-corrected chi connectivity index (χ3v) is 2.75. The van der Waals surface area contributed by atoms with Crippen molar-refractivity contribution < 1.29 is 4.79 Å². The lowest BCUT2D eigenvalue weighted by molar-refractivity contribution is 0.102. The number of aryl methyl sites for hydroxylation is 1. The van der Waals surface area contributed by atoms with Crippen LogP contribution < -0.4 is 11.1 Å². The summed E-state index contributed by atoms with van der Waals surface area (Å²) in [6.45, 7) is 0. The van der Waals surface area contributed by atoms with E-state index >= 15 is 0 Å². The maximum atomic E-state index is 12.0. The van der Waals surface area contributed by atoms with Gasteiger partial charge in [0, 0.05) is 13.2 Å². The highest BCUT2D eigenvalue weighted by Crippen LogP contribution is 2.23. The van der Waals surface area contributed by atoms with Gasteiger partial charge in [-0.3, -0.25) is 9.48 Å². The molecule has 0 radical (unpaired) electrons. The molecule has 3 N–H and O–H groups in total. The first-order chi connectivity index (χ1) is 9.01. The van der Waals surface area contributed by atoms with Crippen molar-refractivity contribution in [2.75, 3.05) is 11.1 Å². The number of amides is 1. The highest BCUT2D eigenvalue weighted by atomic mass is 35.5. The van der Waals surface area contributed by atoms with Crippen LogP contribution in [0.5, 0.6) is 0 Å². The van der Waals surface area contributed by atoms with Gasteiger partial charge < -0.3 is 11.1 Å². The van der Waals surface area contributed by atoms with E-state index < -0.39 is 5.91 Å². The molecular weight excluding hydrogens is 266 g/mol. The second-order valence-corrected chi connectivity index (χ2v) is 4.27. The zero-order valence-corrected chi connectivity index (χ0v) is 10.8. The van der Waals surface area contributed by atoms with Crippen LogP contribution in [0.2, 0.25) is 5.02 Å². The molecule has 1 aromatic carbocycles. The fourth-order valence-corrected chi connectivity index (χ4v) is 1.72. The van der Waals surface area contributed by atoms with Crippen molar-refractivity contribution in [2.24, 2.45) is 7.05 Å². The van der Waals surface area contributed by atoms with Crippen LogP contribution in [-0.2, 0) is 7.05 Å². The second-order valence-electron chi connectivity index (χ2n) is 3.87. The number of carbonyl (C=O) groups excluding carboxylic acids is 1. The van der Waals surface area contributed by atoms with Gasteiger partial charge in [-0.25, -0.2) is 0 Å². The van der Waals surface area contributed by atoms with E-state index in [1.165, 1.54) is 23.0 Å². The van der Waals surface area contributed by atoms with Crippen LogP contribution >= 0.6 is 11.6 Å².